The summed E-state index contributed by atoms with van der Waals surface area (Å²) in [5.41, 5.74) is 0. The van der Waals surface area contributed by atoms with Crippen LogP contribution < -0.4 is 0 Å². The van der Waals surface area contributed by atoms with Gasteiger partial charge in [0.25, 0.3) is 0 Å². The molecule has 1 saturated carbocycles. The van der Waals surface area contributed by atoms with Crippen molar-refractivity contribution < 1.29 is 0 Å². The third kappa shape index (κ3) is 1.92. The lowest BCUT2D eigenvalue weighted by atomic mass is 10.1. The maximum Gasteiger partial charge on any atom is 0.149 e. The van der Waals surface area contributed by atoms with Crippen LogP contribution in [0, 0.1) is 5.92 Å². The zero-order valence-electron chi connectivity index (χ0n) is 9.30. The summed E-state index contributed by atoms with van der Waals surface area (Å²) < 4.78 is 2.32. The van der Waals surface area contributed by atoms with Crippen LogP contribution in [0.1, 0.15) is 25.7 Å². The first-order valence-electron chi connectivity index (χ1n) is 5.98. The van der Waals surface area contributed by atoms with Gasteiger partial charge >= 0.3 is 0 Å². The van der Waals surface area contributed by atoms with E-state index in [9.17, 15) is 0 Å². The van der Waals surface area contributed by atoms with Crippen molar-refractivity contribution in [1.82, 2.24) is 9.55 Å². The highest BCUT2D eigenvalue weighted by atomic mass is 32.1. The normalized spacial score (nSPS) is 17.0. The standard InChI is InChI=1S/C13H16N2S/c1-2-5-11(4-1)10-15-8-7-14-13(15)12-6-3-9-16-12/h3,6-9,11H,1-2,4-5,10H2. The number of hydrogen-bond donors (Lipinski definition) is 0. The topological polar surface area (TPSA) is 17.8 Å². The van der Waals surface area contributed by atoms with Gasteiger partial charge in [0.2, 0.25) is 0 Å². The molecule has 0 bridgehead atoms. The van der Waals surface area contributed by atoms with E-state index in [-0.39, 0.29) is 0 Å². The molecule has 0 amide bonds. The second-order valence-electron chi connectivity index (χ2n) is 4.53. The molecule has 84 valence electrons. The van der Waals surface area contributed by atoms with Crippen LogP contribution >= 0.6 is 11.3 Å². The van der Waals surface area contributed by atoms with E-state index in [4.69, 9.17) is 0 Å². The lowest BCUT2D eigenvalue weighted by Crippen LogP contribution is -2.07. The van der Waals surface area contributed by atoms with Crippen LogP contribution in [0.15, 0.2) is 29.9 Å². The highest BCUT2D eigenvalue weighted by molar-refractivity contribution is 7.13. The van der Waals surface area contributed by atoms with Crippen molar-refractivity contribution in [1.29, 1.82) is 0 Å². The summed E-state index contributed by atoms with van der Waals surface area (Å²) >= 11 is 1.77. The van der Waals surface area contributed by atoms with Gasteiger partial charge in [0, 0.05) is 18.9 Å². The van der Waals surface area contributed by atoms with Gasteiger partial charge in [0.05, 0.1) is 4.88 Å². The first kappa shape index (κ1) is 10.1. The molecule has 0 unspecified atom stereocenters. The molecule has 0 saturated heterocycles. The molecule has 1 aliphatic rings. The largest absolute Gasteiger partial charge is 0.330 e. The minimum Gasteiger partial charge on any atom is -0.330 e. The number of rotatable bonds is 3. The van der Waals surface area contributed by atoms with Crippen molar-refractivity contribution in [2.45, 2.75) is 32.2 Å². The molecule has 0 spiro atoms. The molecule has 0 N–H and O–H groups in total. The zero-order valence-corrected chi connectivity index (χ0v) is 10.1. The SMILES string of the molecule is c1csc(-c2nccn2CC2CCCC2)c1. The minimum atomic E-state index is 0.868. The second kappa shape index (κ2) is 4.42. The Labute approximate surface area is 100.0 Å². The van der Waals surface area contributed by atoms with Crippen LogP contribution in [0.3, 0.4) is 0 Å². The molecular formula is C13H16N2S. The molecular weight excluding hydrogens is 216 g/mol. The number of thiophene rings is 1. The highest BCUT2D eigenvalue weighted by Gasteiger charge is 2.17. The van der Waals surface area contributed by atoms with Gasteiger partial charge in [-0.05, 0) is 30.2 Å². The summed E-state index contributed by atoms with van der Waals surface area (Å²) in [6, 6.07) is 4.24. The molecule has 2 heterocycles. The molecule has 0 aliphatic heterocycles. The first-order chi connectivity index (χ1) is 7.93. The molecule has 0 radical (unpaired) electrons. The average molecular weight is 232 g/mol. The number of imidazole rings is 1. The smallest absolute Gasteiger partial charge is 0.149 e. The van der Waals surface area contributed by atoms with E-state index in [1.165, 1.54) is 30.6 Å². The minimum absolute atomic E-state index is 0.868. The summed E-state index contributed by atoms with van der Waals surface area (Å²) in [7, 11) is 0. The van der Waals surface area contributed by atoms with Gasteiger partial charge in [-0.2, -0.15) is 0 Å². The fraction of sp³-hybridized carbons (Fsp3) is 0.462. The van der Waals surface area contributed by atoms with Crippen molar-refractivity contribution in [3.63, 3.8) is 0 Å². The Morgan fingerprint density at radius 1 is 1.38 bits per heavy atom. The molecule has 0 atom stereocenters. The van der Waals surface area contributed by atoms with Gasteiger partial charge in [0.1, 0.15) is 5.82 Å². The third-order valence-electron chi connectivity index (χ3n) is 3.39. The third-order valence-corrected chi connectivity index (χ3v) is 4.25. The zero-order chi connectivity index (χ0) is 10.8. The van der Waals surface area contributed by atoms with E-state index in [0.29, 0.717) is 0 Å². The van der Waals surface area contributed by atoms with Crippen molar-refractivity contribution in [3.05, 3.63) is 29.9 Å². The van der Waals surface area contributed by atoms with Crippen LogP contribution in [-0.2, 0) is 6.54 Å². The van der Waals surface area contributed by atoms with Crippen molar-refractivity contribution in [3.8, 4) is 10.7 Å². The van der Waals surface area contributed by atoms with E-state index in [0.717, 1.165) is 18.3 Å². The van der Waals surface area contributed by atoms with E-state index in [1.54, 1.807) is 11.3 Å². The van der Waals surface area contributed by atoms with Crippen molar-refractivity contribution in [2.75, 3.05) is 0 Å². The molecule has 1 aliphatic carbocycles. The Hall–Kier alpha value is -1.09. The molecule has 16 heavy (non-hydrogen) atoms. The fourth-order valence-corrected chi connectivity index (χ4v) is 3.29. The van der Waals surface area contributed by atoms with Crippen LogP contribution in [0.5, 0.6) is 0 Å². The second-order valence-corrected chi connectivity index (χ2v) is 5.48. The molecule has 2 aromatic heterocycles. The Bertz CT molecular complexity index is 438. The summed E-state index contributed by atoms with van der Waals surface area (Å²) in [6.45, 7) is 1.15. The molecule has 2 nitrogen and oxygen atoms in total. The maximum absolute atomic E-state index is 4.47. The van der Waals surface area contributed by atoms with Crippen LogP contribution in [-0.4, -0.2) is 9.55 Å². The molecule has 1 fully saturated rings. The summed E-state index contributed by atoms with van der Waals surface area (Å²) in [6.07, 6.45) is 9.64. The van der Waals surface area contributed by atoms with Gasteiger partial charge < -0.3 is 4.57 Å². The van der Waals surface area contributed by atoms with Gasteiger partial charge in [0.15, 0.2) is 0 Å². The predicted octanol–water partition coefficient (Wildman–Crippen LogP) is 3.80. The Morgan fingerprint density at radius 2 is 2.25 bits per heavy atom. The van der Waals surface area contributed by atoms with E-state index in [2.05, 4.69) is 33.3 Å². The monoisotopic (exact) mass is 232 g/mol. The fourth-order valence-electron chi connectivity index (χ4n) is 2.56. The average Bonchev–Trinajstić information content (AvgIpc) is 2.98. The van der Waals surface area contributed by atoms with E-state index < -0.39 is 0 Å². The highest BCUT2D eigenvalue weighted by Crippen LogP contribution is 2.29. The maximum atomic E-state index is 4.47. The summed E-state index contributed by atoms with van der Waals surface area (Å²) in [4.78, 5) is 5.75. The van der Waals surface area contributed by atoms with Gasteiger partial charge in [-0.3, -0.25) is 0 Å². The van der Waals surface area contributed by atoms with E-state index in [1.807, 2.05) is 6.20 Å². The van der Waals surface area contributed by atoms with Gasteiger partial charge in [-0.1, -0.05) is 18.9 Å². The van der Waals surface area contributed by atoms with Gasteiger partial charge in [-0.15, -0.1) is 11.3 Å². The Balaban J connectivity index is 1.82. The lowest BCUT2D eigenvalue weighted by molar-refractivity contribution is 0.460. The quantitative estimate of drug-likeness (QED) is 0.787. The van der Waals surface area contributed by atoms with Crippen LogP contribution in [0.2, 0.25) is 0 Å². The predicted molar refractivity (Wildman–Crippen MR) is 67.5 cm³/mol. The Morgan fingerprint density at radius 3 is 3.00 bits per heavy atom. The van der Waals surface area contributed by atoms with Crippen LogP contribution in [0.4, 0.5) is 0 Å². The summed E-state index contributed by atoms with van der Waals surface area (Å²) in [5, 5.41) is 2.12. The Kier molecular flexibility index (Phi) is 2.79. The van der Waals surface area contributed by atoms with Gasteiger partial charge in [-0.25, -0.2) is 4.98 Å². The number of nitrogens with zero attached hydrogens (tertiary/aromatic N) is 2. The first-order valence-corrected chi connectivity index (χ1v) is 6.86. The molecule has 3 rings (SSSR count). The lowest BCUT2D eigenvalue weighted by Gasteiger charge is -2.11. The van der Waals surface area contributed by atoms with Crippen LogP contribution in [0.25, 0.3) is 10.7 Å². The van der Waals surface area contributed by atoms with E-state index >= 15 is 0 Å². The molecule has 3 heteroatoms. The van der Waals surface area contributed by atoms with Crippen molar-refractivity contribution >= 4 is 11.3 Å². The number of aromatic nitrogens is 2. The molecule has 2 aromatic rings. The van der Waals surface area contributed by atoms with Crippen molar-refractivity contribution in [2.24, 2.45) is 5.92 Å². The number of hydrogen-bond acceptors (Lipinski definition) is 2. The summed E-state index contributed by atoms with van der Waals surface area (Å²) in [5.74, 6) is 2.01. The molecule has 0 aromatic carbocycles.